The van der Waals surface area contributed by atoms with Crippen LogP contribution < -0.4 is 4.74 Å². The van der Waals surface area contributed by atoms with Crippen LogP contribution in [0.1, 0.15) is 0 Å². The first kappa shape index (κ1) is 6.95. The second-order valence-corrected chi connectivity index (χ2v) is 2.77. The van der Waals surface area contributed by atoms with Crippen LogP contribution in [-0.2, 0) is 4.74 Å². The molecule has 0 aromatic heterocycles. The van der Waals surface area contributed by atoms with Crippen molar-refractivity contribution < 1.29 is 9.47 Å². The quantitative estimate of drug-likeness (QED) is 0.634. The van der Waals surface area contributed by atoms with Gasteiger partial charge in [-0.15, -0.1) is 0 Å². The van der Waals surface area contributed by atoms with Crippen molar-refractivity contribution in [1.82, 2.24) is 0 Å². The predicted octanol–water partition coefficient (Wildman–Crippen LogP) is 2.08. The lowest BCUT2D eigenvalue weighted by Crippen LogP contribution is -1.96. The third-order valence-corrected chi connectivity index (χ3v) is 1.60. The van der Waals surface area contributed by atoms with Crippen LogP contribution in [0.5, 0.6) is 5.75 Å². The molecule has 2 nitrogen and oxygen atoms in total. The highest BCUT2D eigenvalue weighted by molar-refractivity contribution is 6.30. The summed E-state index contributed by atoms with van der Waals surface area (Å²) in [6.45, 7) is 0.687. The van der Waals surface area contributed by atoms with Gasteiger partial charge in [-0.2, -0.15) is 0 Å². The molecule has 1 aromatic carbocycles. The minimum atomic E-state index is -0.0477. The van der Waals surface area contributed by atoms with E-state index in [9.17, 15) is 0 Å². The van der Waals surface area contributed by atoms with Crippen LogP contribution in [0.4, 0.5) is 0 Å². The van der Waals surface area contributed by atoms with E-state index in [2.05, 4.69) is 0 Å². The lowest BCUT2D eigenvalue weighted by molar-refractivity contribution is 0.179. The summed E-state index contributed by atoms with van der Waals surface area (Å²) in [6.07, 6.45) is -0.0477. The second-order valence-electron chi connectivity index (χ2n) is 2.34. The van der Waals surface area contributed by atoms with Gasteiger partial charge in [-0.3, -0.25) is 0 Å². The molecule has 3 heteroatoms. The molecule has 0 saturated carbocycles. The lowest BCUT2D eigenvalue weighted by Gasteiger charge is -2.00. The molecule has 1 aliphatic heterocycles. The Hall–Kier alpha value is -0.730. The molecule has 0 amide bonds. The summed E-state index contributed by atoms with van der Waals surface area (Å²) >= 11 is 5.73. The van der Waals surface area contributed by atoms with E-state index in [4.69, 9.17) is 21.1 Å². The Labute approximate surface area is 69.7 Å². The lowest BCUT2D eigenvalue weighted by atomic mass is 10.3. The Balaban J connectivity index is 2.10. The molecule has 1 atom stereocenters. The van der Waals surface area contributed by atoms with E-state index in [0.29, 0.717) is 11.6 Å². The number of epoxide rings is 1. The van der Waals surface area contributed by atoms with Gasteiger partial charge < -0.3 is 9.47 Å². The summed E-state index contributed by atoms with van der Waals surface area (Å²) in [5.41, 5.74) is 0. The fourth-order valence-corrected chi connectivity index (χ4v) is 0.980. The van der Waals surface area contributed by atoms with Gasteiger partial charge in [0.15, 0.2) is 0 Å². The van der Waals surface area contributed by atoms with E-state index >= 15 is 0 Å². The van der Waals surface area contributed by atoms with E-state index in [1.54, 1.807) is 6.07 Å². The van der Waals surface area contributed by atoms with Crippen LogP contribution in [0.2, 0.25) is 5.02 Å². The van der Waals surface area contributed by atoms with Crippen LogP contribution in [0.25, 0.3) is 0 Å². The zero-order valence-corrected chi connectivity index (χ0v) is 6.54. The number of halogens is 1. The number of rotatable bonds is 2. The summed E-state index contributed by atoms with van der Waals surface area (Å²) in [6, 6.07) is 7.28. The standard InChI is InChI=1S/C8H7ClO2/c9-6-2-1-3-7(4-6)11-8-5-10-8/h1-4,8H,5H2/t8-/m0/s1. The zero-order chi connectivity index (χ0) is 7.68. The maximum atomic E-state index is 5.73. The van der Waals surface area contributed by atoms with Gasteiger partial charge in [0.1, 0.15) is 12.4 Å². The van der Waals surface area contributed by atoms with E-state index in [1.165, 1.54) is 0 Å². The van der Waals surface area contributed by atoms with Gasteiger partial charge >= 0.3 is 0 Å². The van der Waals surface area contributed by atoms with Crippen LogP contribution in [0, 0.1) is 0 Å². The first-order valence-electron chi connectivity index (χ1n) is 3.38. The Morgan fingerprint density at radius 2 is 2.36 bits per heavy atom. The maximum Gasteiger partial charge on any atom is 0.223 e. The Morgan fingerprint density at radius 1 is 1.55 bits per heavy atom. The monoisotopic (exact) mass is 170 g/mol. The molecule has 0 N–H and O–H groups in total. The van der Waals surface area contributed by atoms with E-state index in [1.807, 2.05) is 18.2 Å². The van der Waals surface area contributed by atoms with Gasteiger partial charge in [-0.05, 0) is 18.2 Å². The van der Waals surface area contributed by atoms with Crippen molar-refractivity contribution >= 4 is 11.6 Å². The van der Waals surface area contributed by atoms with Gasteiger partial charge in [-0.25, -0.2) is 0 Å². The molecule has 11 heavy (non-hydrogen) atoms. The van der Waals surface area contributed by atoms with Crippen molar-refractivity contribution in [2.75, 3.05) is 6.61 Å². The first-order chi connectivity index (χ1) is 5.34. The van der Waals surface area contributed by atoms with Gasteiger partial charge in [0, 0.05) is 5.02 Å². The van der Waals surface area contributed by atoms with Crippen LogP contribution in [0.3, 0.4) is 0 Å². The summed E-state index contributed by atoms with van der Waals surface area (Å²) in [5.74, 6) is 0.764. The number of ether oxygens (including phenoxy) is 2. The Kier molecular flexibility index (Phi) is 1.72. The van der Waals surface area contributed by atoms with Crippen LogP contribution in [0.15, 0.2) is 24.3 Å². The zero-order valence-electron chi connectivity index (χ0n) is 5.79. The van der Waals surface area contributed by atoms with Crippen LogP contribution >= 0.6 is 11.6 Å². The minimum Gasteiger partial charge on any atom is -0.462 e. The third kappa shape index (κ3) is 1.85. The number of benzene rings is 1. The molecule has 1 saturated heterocycles. The fraction of sp³-hybridized carbons (Fsp3) is 0.250. The highest BCUT2D eigenvalue weighted by Gasteiger charge is 2.24. The molecule has 1 aromatic rings. The van der Waals surface area contributed by atoms with Crippen molar-refractivity contribution in [3.8, 4) is 5.75 Å². The van der Waals surface area contributed by atoms with Crippen molar-refractivity contribution in [2.24, 2.45) is 0 Å². The largest absolute Gasteiger partial charge is 0.462 e. The molecule has 58 valence electrons. The van der Waals surface area contributed by atoms with Crippen LogP contribution in [-0.4, -0.2) is 12.9 Å². The number of hydrogen-bond donors (Lipinski definition) is 0. The number of hydrogen-bond acceptors (Lipinski definition) is 2. The minimum absolute atomic E-state index is 0.0477. The maximum absolute atomic E-state index is 5.73. The van der Waals surface area contributed by atoms with Gasteiger partial charge in [0.2, 0.25) is 6.29 Å². The van der Waals surface area contributed by atoms with Crippen molar-refractivity contribution in [1.29, 1.82) is 0 Å². The molecule has 0 aliphatic carbocycles. The summed E-state index contributed by atoms with van der Waals surface area (Å²) < 4.78 is 10.2. The molecular weight excluding hydrogens is 164 g/mol. The SMILES string of the molecule is Clc1cccc(O[C@H]2CO2)c1. The molecule has 1 heterocycles. The Bertz CT molecular complexity index is 258. The first-order valence-corrected chi connectivity index (χ1v) is 3.76. The molecule has 0 unspecified atom stereocenters. The van der Waals surface area contributed by atoms with E-state index in [-0.39, 0.29) is 6.29 Å². The summed E-state index contributed by atoms with van der Waals surface area (Å²) in [5, 5.41) is 0.683. The van der Waals surface area contributed by atoms with Crippen molar-refractivity contribution in [3.63, 3.8) is 0 Å². The molecule has 2 rings (SSSR count). The molecular formula is C8H7ClO2. The third-order valence-electron chi connectivity index (χ3n) is 1.37. The smallest absolute Gasteiger partial charge is 0.223 e. The summed E-state index contributed by atoms with van der Waals surface area (Å²) in [4.78, 5) is 0. The van der Waals surface area contributed by atoms with Gasteiger partial charge in [0.05, 0.1) is 0 Å². The Morgan fingerprint density at radius 3 is 3.00 bits per heavy atom. The fourth-order valence-electron chi connectivity index (χ4n) is 0.799. The normalized spacial score (nSPS) is 21.4. The van der Waals surface area contributed by atoms with Crippen molar-refractivity contribution in [3.05, 3.63) is 29.3 Å². The van der Waals surface area contributed by atoms with E-state index < -0.39 is 0 Å². The molecule has 0 bridgehead atoms. The predicted molar refractivity (Wildman–Crippen MR) is 41.8 cm³/mol. The summed E-state index contributed by atoms with van der Waals surface area (Å²) in [7, 11) is 0. The molecule has 0 radical (unpaired) electrons. The molecule has 1 fully saturated rings. The molecule has 1 aliphatic rings. The van der Waals surface area contributed by atoms with Gasteiger partial charge in [-0.1, -0.05) is 17.7 Å². The highest BCUT2D eigenvalue weighted by Crippen LogP contribution is 2.21. The average molecular weight is 171 g/mol. The second kappa shape index (κ2) is 2.72. The van der Waals surface area contributed by atoms with Crippen molar-refractivity contribution in [2.45, 2.75) is 6.29 Å². The highest BCUT2D eigenvalue weighted by atomic mass is 35.5. The topological polar surface area (TPSA) is 21.8 Å². The molecule has 0 spiro atoms. The van der Waals surface area contributed by atoms with E-state index in [0.717, 1.165) is 5.75 Å². The van der Waals surface area contributed by atoms with Gasteiger partial charge in [0.25, 0.3) is 0 Å². The average Bonchev–Trinajstić information content (AvgIpc) is 2.71.